The molecule has 4 rings (SSSR count). The lowest BCUT2D eigenvalue weighted by Crippen LogP contribution is -2.46. The number of unbranched alkanes of at least 4 members (excludes halogenated alkanes) is 1. The molecule has 0 spiro atoms. The minimum atomic E-state index is -0.994. The van der Waals surface area contributed by atoms with Crippen LogP contribution in [0.15, 0.2) is 24.3 Å². The molecule has 5 heteroatoms. The molecule has 2 atom stereocenters. The van der Waals surface area contributed by atoms with Crippen molar-refractivity contribution in [3.05, 3.63) is 29.8 Å². The number of methoxy groups -OCH3 is 1. The molecule has 2 aliphatic carbocycles. The van der Waals surface area contributed by atoms with Crippen LogP contribution in [0.1, 0.15) is 89.0 Å². The quantitative estimate of drug-likeness (QED) is 0.341. The number of piperidine rings is 1. The van der Waals surface area contributed by atoms with E-state index in [1.54, 1.807) is 12.0 Å². The van der Waals surface area contributed by atoms with Gasteiger partial charge < -0.3 is 19.5 Å². The molecular formula is C28H45NO4. The lowest BCUT2D eigenvalue weighted by Gasteiger charge is -2.42. The maximum Gasteiger partial charge on any atom is 0.209 e. The van der Waals surface area contributed by atoms with Gasteiger partial charge in [0.15, 0.2) is 0 Å². The standard InChI is InChI=1S/C23H35NO4.C5H10/c1-27-15-5-4-13-23(26,20-10-7-14-24(16-20)18-25)21-11-2-3-12-22(21)28-17-19-8-6-9-19;1-2-4-5-3-1/h2-3,11-12,18-20,26H,4-10,13-17H2,1H3;1-5H2. The van der Waals surface area contributed by atoms with Gasteiger partial charge in [0.25, 0.3) is 0 Å². The molecule has 2 saturated carbocycles. The Morgan fingerprint density at radius 3 is 2.39 bits per heavy atom. The van der Waals surface area contributed by atoms with E-state index in [0.717, 1.165) is 56.6 Å². The Bertz CT molecular complexity index is 681. The van der Waals surface area contributed by atoms with E-state index in [9.17, 15) is 9.90 Å². The minimum absolute atomic E-state index is 0.0162. The van der Waals surface area contributed by atoms with Crippen molar-refractivity contribution >= 4 is 6.41 Å². The van der Waals surface area contributed by atoms with Gasteiger partial charge in [0.05, 0.1) is 12.2 Å². The zero-order chi connectivity index (χ0) is 23.4. The van der Waals surface area contributed by atoms with Crippen LogP contribution in [0, 0.1) is 11.8 Å². The average Bonchev–Trinajstić information content (AvgIpc) is 3.41. The van der Waals surface area contributed by atoms with E-state index in [4.69, 9.17) is 9.47 Å². The number of hydrogen-bond acceptors (Lipinski definition) is 4. The first-order valence-electron chi connectivity index (χ1n) is 13.3. The summed E-state index contributed by atoms with van der Waals surface area (Å²) in [5.41, 5.74) is -0.115. The second kappa shape index (κ2) is 14.0. The minimum Gasteiger partial charge on any atom is -0.493 e. The summed E-state index contributed by atoms with van der Waals surface area (Å²) in [6.07, 6.45) is 16.5. The lowest BCUT2D eigenvalue weighted by atomic mass is 9.73. The Labute approximate surface area is 200 Å². The monoisotopic (exact) mass is 459 g/mol. The summed E-state index contributed by atoms with van der Waals surface area (Å²) in [4.78, 5) is 13.2. The van der Waals surface area contributed by atoms with Crippen LogP contribution < -0.4 is 4.74 Å². The summed E-state index contributed by atoms with van der Waals surface area (Å²) in [6, 6.07) is 7.94. The molecule has 1 aliphatic heterocycles. The van der Waals surface area contributed by atoms with E-state index in [1.165, 1.54) is 51.4 Å². The summed E-state index contributed by atoms with van der Waals surface area (Å²) in [5.74, 6) is 1.46. The Kier molecular flexibility index (Phi) is 11.0. The van der Waals surface area contributed by atoms with Crippen LogP contribution in [0.25, 0.3) is 0 Å². The third-order valence-corrected chi connectivity index (χ3v) is 7.74. The van der Waals surface area contributed by atoms with Crippen molar-refractivity contribution in [1.82, 2.24) is 4.90 Å². The number of benzene rings is 1. The highest BCUT2D eigenvalue weighted by Crippen LogP contribution is 2.43. The maximum absolute atomic E-state index is 12.0. The first kappa shape index (κ1) is 26.0. The number of rotatable bonds is 11. The number of nitrogens with zero attached hydrogens (tertiary/aromatic N) is 1. The predicted molar refractivity (Wildman–Crippen MR) is 132 cm³/mol. The largest absolute Gasteiger partial charge is 0.493 e. The van der Waals surface area contributed by atoms with Gasteiger partial charge in [0.2, 0.25) is 6.41 Å². The fraction of sp³-hybridized carbons (Fsp3) is 0.750. The molecule has 1 saturated heterocycles. The average molecular weight is 460 g/mol. The van der Waals surface area contributed by atoms with Gasteiger partial charge in [-0.2, -0.15) is 0 Å². The smallest absolute Gasteiger partial charge is 0.209 e. The number of amides is 1. The van der Waals surface area contributed by atoms with Gasteiger partial charge in [-0.25, -0.2) is 0 Å². The molecule has 1 aromatic carbocycles. The third kappa shape index (κ3) is 7.71. The van der Waals surface area contributed by atoms with Crippen molar-refractivity contribution in [3.63, 3.8) is 0 Å². The second-order valence-corrected chi connectivity index (χ2v) is 10.2. The fourth-order valence-electron chi connectivity index (χ4n) is 5.39. The van der Waals surface area contributed by atoms with E-state index in [0.29, 0.717) is 25.5 Å². The SMILES string of the molecule is C1CCCC1.COCCCCC(O)(c1ccccc1OCC1CCC1)C1CCCN(C=O)C1. The van der Waals surface area contributed by atoms with Crippen molar-refractivity contribution < 1.29 is 19.4 Å². The molecule has 1 N–H and O–H groups in total. The van der Waals surface area contributed by atoms with Crippen LogP contribution >= 0.6 is 0 Å². The van der Waals surface area contributed by atoms with Crippen LogP contribution in [0.5, 0.6) is 5.75 Å². The normalized spacial score (nSPS) is 22.6. The number of hydrogen-bond donors (Lipinski definition) is 1. The summed E-state index contributed by atoms with van der Waals surface area (Å²) in [7, 11) is 1.71. The molecule has 5 nitrogen and oxygen atoms in total. The van der Waals surface area contributed by atoms with E-state index >= 15 is 0 Å². The zero-order valence-corrected chi connectivity index (χ0v) is 20.7. The van der Waals surface area contributed by atoms with Crippen LogP contribution in [0.4, 0.5) is 0 Å². The van der Waals surface area contributed by atoms with Crippen LogP contribution in [-0.2, 0) is 15.1 Å². The molecule has 1 aromatic rings. The maximum atomic E-state index is 12.0. The number of ether oxygens (including phenoxy) is 2. The topological polar surface area (TPSA) is 59.0 Å². The van der Waals surface area contributed by atoms with Gasteiger partial charge in [-0.15, -0.1) is 0 Å². The first-order valence-corrected chi connectivity index (χ1v) is 13.3. The summed E-state index contributed by atoms with van der Waals surface area (Å²) >= 11 is 0. The van der Waals surface area contributed by atoms with Crippen molar-refractivity contribution in [2.45, 2.75) is 89.1 Å². The Morgan fingerprint density at radius 2 is 1.76 bits per heavy atom. The molecule has 0 bridgehead atoms. The number of aliphatic hydroxyl groups is 1. The van der Waals surface area contributed by atoms with E-state index in [2.05, 4.69) is 0 Å². The molecule has 186 valence electrons. The lowest BCUT2D eigenvalue weighted by molar-refractivity contribution is -0.123. The molecule has 2 unspecified atom stereocenters. The third-order valence-electron chi connectivity index (χ3n) is 7.74. The number of para-hydroxylation sites is 1. The van der Waals surface area contributed by atoms with E-state index in [1.807, 2.05) is 24.3 Å². The first-order chi connectivity index (χ1) is 16.2. The molecule has 3 aliphatic rings. The molecule has 0 radical (unpaired) electrons. The van der Waals surface area contributed by atoms with Gasteiger partial charge >= 0.3 is 0 Å². The Balaban J connectivity index is 0.000000541. The molecule has 0 aromatic heterocycles. The van der Waals surface area contributed by atoms with Gasteiger partial charge in [-0.3, -0.25) is 4.79 Å². The van der Waals surface area contributed by atoms with Crippen LogP contribution in [0.3, 0.4) is 0 Å². The predicted octanol–water partition coefficient (Wildman–Crippen LogP) is 5.69. The van der Waals surface area contributed by atoms with Crippen molar-refractivity contribution in [2.24, 2.45) is 11.8 Å². The van der Waals surface area contributed by atoms with Crippen molar-refractivity contribution in [3.8, 4) is 5.75 Å². The van der Waals surface area contributed by atoms with E-state index in [-0.39, 0.29) is 5.92 Å². The van der Waals surface area contributed by atoms with Gasteiger partial charge in [0, 0.05) is 38.3 Å². The highest BCUT2D eigenvalue weighted by Gasteiger charge is 2.42. The van der Waals surface area contributed by atoms with Gasteiger partial charge in [0.1, 0.15) is 5.75 Å². The van der Waals surface area contributed by atoms with Crippen LogP contribution in [-0.4, -0.2) is 49.8 Å². The highest BCUT2D eigenvalue weighted by atomic mass is 16.5. The molecule has 1 heterocycles. The Hall–Kier alpha value is -1.59. The molecule has 33 heavy (non-hydrogen) atoms. The number of likely N-dealkylation sites (tertiary alicyclic amines) is 1. The summed E-state index contributed by atoms with van der Waals surface area (Å²) in [6.45, 7) is 2.80. The fourth-order valence-corrected chi connectivity index (χ4v) is 5.39. The number of carbonyl (C=O) groups is 1. The molecule has 3 fully saturated rings. The van der Waals surface area contributed by atoms with Gasteiger partial charge in [-0.05, 0) is 56.9 Å². The summed E-state index contributed by atoms with van der Waals surface area (Å²) in [5, 5.41) is 12.0. The van der Waals surface area contributed by atoms with Crippen molar-refractivity contribution in [1.29, 1.82) is 0 Å². The highest BCUT2D eigenvalue weighted by molar-refractivity contribution is 5.47. The molecular weight excluding hydrogens is 414 g/mol. The second-order valence-electron chi connectivity index (χ2n) is 10.2. The molecule has 1 amide bonds. The number of carbonyl (C=O) groups excluding carboxylic acids is 1. The van der Waals surface area contributed by atoms with E-state index < -0.39 is 5.60 Å². The van der Waals surface area contributed by atoms with Crippen molar-refractivity contribution in [2.75, 3.05) is 33.4 Å². The zero-order valence-electron chi connectivity index (χ0n) is 20.7. The Morgan fingerprint density at radius 1 is 1.03 bits per heavy atom. The van der Waals surface area contributed by atoms with Crippen LogP contribution in [0.2, 0.25) is 0 Å². The summed E-state index contributed by atoms with van der Waals surface area (Å²) < 4.78 is 11.4. The van der Waals surface area contributed by atoms with Gasteiger partial charge in [-0.1, -0.05) is 56.7 Å².